The number of hydrogen-bond acceptors (Lipinski definition) is 4. The summed E-state index contributed by atoms with van der Waals surface area (Å²) < 4.78 is 0. The molecule has 3 N–H and O–H groups in total. The van der Waals surface area contributed by atoms with E-state index in [0.717, 1.165) is 5.56 Å². The molecule has 0 aliphatic carbocycles. The van der Waals surface area contributed by atoms with Crippen LogP contribution < -0.4 is 16.0 Å². The molecule has 1 heterocycles. The summed E-state index contributed by atoms with van der Waals surface area (Å²) in [6, 6.07) is 16.9. The molecule has 0 radical (unpaired) electrons. The Labute approximate surface area is 168 Å². The van der Waals surface area contributed by atoms with Crippen molar-refractivity contribution in [3.05, 3.63) is 89.7 Å². The molecular weight excluding hydrogens is 368 g/mol. The first kappa shape index (κ1) is 19.8. The Kier molecular flexibility index (Phi) is 6.32. The largest absolute Gasteiger partial charge is 0.348 e. The van der Waals surface area contributed by atoms with E-state index in [0.29, 0.717) is 29.0 Å². The third-order valence-electron chi connectivity index (χ3n) is 4.03. The molecule has 0 saturated heterocycles. The zero-order valence-corrected chi connectivity index (χ0v) is 15.8. The molecule has 3 aromatic rings. The maximum atomic E-state index is 12.6. The van der Waals surface area contributed by atoms with Crippen LogP contribution in [0.1, 0.15) is 33.2 Å². The molecule has 7 heteroatoms. The highest BCUT2D eigenvalue weighted by molar-refractivity contribution is 6.06. The minimum absolute atomic E-state index is 0.195. The van der Waals surface area contributed by atoms with Gasteiger partial charge in [-0.3, -0.25) is 19.4 Å². The Morgan fingerprint density at radius 1 is 0.793 bits per heavy atom. The summed E-state index contributed by atoms with van der Waals surface area (Å²) in [5.41, 5.74) is 2.79. The normalized spacial score (nSPS) is 10.1. The van der Waals surface area contributed by atoms with Crippen LogP contribution in [-0.4, -0.2) is 22.7 Å². The first-order chi connectivity index (χ1) is 14.0. The van der Waals surface area contributed by atoms with Crippen molar-refractivity contribution in [3.63, 3.8) is 0 Å². The van der Waals surface area contributed by atoms with E-state index in [1.807, 2.05) is 12.1 Å². The molecule has 0 aliphatic heterocycles. The first-order valence-electron chi connectivity index (χ1n) is 8.97. The highest BCUT2D eigenvalue weighted by atomic mass is 16.2. The molecule has 0 fully saturated rings. The minimum atomic E-state index is -0.353. The van der Waals surface area contributed by atoms with Crippen molar-refractivity contribution in [1.82, 2.24) is 10.3 Å². The molecule has 0 saturated carbocycles. The van der Waals surface area contributed by atoms with Crippen LogP contribution in [0.5, 0.6) is 0 Å². The van der Waals surface area contributed by atoms with Crippen molar-refractivity contribution in [1.29, 1.82) is 0 Å². The van der Waals surface area contributed by atoms with Gasteiger partial charge >= 0.3 is 0 Å². The average Bonchev–Trinajstić information content (AvgIpc) is 2.72. The Balaban J connectivity index is 1.66. The van der Waals surface area contributed by atoms with Gasteiger partial charge in [0, 0.05) is 48.4 Å². The SMILES string of the molecule is CC(=O)Nc1cccc(NC(=O)c2cccc(C(=O)NCc3ccncc3)c2)c1. The Bertz CT molecular complexity index is 1030. The number of hydrogen-bond donors (Lipinski definition) is 3. The second-order valence-electron chi connectivity index (χ2n) is 6.34. The van der Waals surface area contributed by atoms with Crippen molar-refractivity contribution in [2.24, 2.45) is 0 Å². The number of aromatic nitrogens is 1. The lowest BCUT2D eigenvalue weighted by atomic mass is 10.1. The third kappa shape index (κ3) is 5.74. The van der Waals surface area contributed by atoms with Crippen LogP contribution in [0.2, 0.25) is 0 Å². The van der Waals surface area contributed by atoms with Crippen molar-refractivity contribution < 1.29 is 14.4 Å². The van der Waals surface area contributed by atoms with E-state index < -0.39 is 0 Å². The van der Waals surface area contributed by atoms with Crippen LogP contribution in [0.15, 0.2) is 73.1 Å². The molecule has 146 valence electrons. The van der Waals surface area contributed by atoms with Gasteiger partial charge in [0.25, 0.3) is 11.8 Å². The predicted molar refractivity (Wildman–Crippen MR) is 111 cm³/mol. The summed E-state index contributed by atoms with van der Waals surface area (Å²) in [7, 11) is 0. The third-order valence-corrected chi connectivity index (χ3v) is 4.03. The molecule has 2 aromatic carbocycles. The summed E-state index contributed by atoms with van der Waals surface area (Å²) >= 11 is 0. The first-order valence-corrected chi connectivity index (χ1v) is 8.97. The van der Waals surface area contributed by atoms with E-state index in [1.165, 1.54) is 13.0 Å². The summed E-state index contributed by atoms with van der Waals surface area (Å²) in [6.45, 7) is 1.78. The van der Waals surface area contributed by atoms with E-state index in [9.17, 15) is 14.4 Å². The summed E-state index contributed by atoms with van der Waals surface area (Å²) in [5.74, 6) is -0.822. The highest BCUT2D eigenvalue weighted by Gasteiger charge is 2.11. The zero-order chi connectivity index (χ0) is 20.6. The summed E-state index contributed by atoms with van der Waals surface area (Å²) in [6.07, 6.45) is 3.32. The average molecular weight is 388 g/mol. The smallest absolute Gasteiger partial charge is 0.255 e. The molecule has 3 rings (SSSR count). The van der Waals surface area contributed by atoms with Crippen molar-refractivity contribution in [2.45, 2.75) is 13.5 Å². The number of benzene rings is 2. The van der Waals surface area contributed by atoms with E-state index in [4.69, 9.17) is 0 Å². The monoisotopic (exact) mass is 388 g/mol. The molecule has 7 nitrogen and oxygen atoms in total. The number of anilines is 2. The van der Waals surface area contributed by atoms with Gasteiger partial charge in [-0.05, 0) is 54.1 Å². The number of pyridine rings is 1. The van der Waals surface area contributed by atoms with Crippen LogP contribution in [0.25, 0.3) is 0 Å². The van der Waals surface area contributed by atoms with Gasteiger partial charge in [0.15, 0.2) is 0 Å². The lowest BCUT2D eigenvalue weighted by Gasteiger charge is -2.09. The van der Waals surface area contributed by atoms with Gasteiger partial charge in [0.2, 0.25) is 5.91 Å². The number of carbonyl (C=O) groups is 3. The van der Waals surface area contributed by atoms with Crippen LogP contribution in [0.3, 0.4) is 0 Å². The maximum Gasteiger partial charge on any atom is 0.255 e. The fourth-order valence-corrected chi connectivity index (χ4v) is 2.67. The molecule has 3 amide bonds. The van der Waals surface area contributed by atoms with Crippen LogP contribution in [-0.2, 0) is 11.3 Å². The van der Waals surface area contributed by atoms with E-state index >= 15 is 0 Å². The molecule has 0 spiro atoms. The van der Waals surface area contributed by atoms with Crippen molar-refractivity contribution >= 4 is 29.1 Å². The maximum absolute atomic E-state index is 12.6. The van der Waals surface area contributed by atoms with Gasteiger partial charge in [-0.15, -0.1) is 0 Å². The Hall–Kier alpha value is -4.00. The van der Waals surface area contributed by atoms with Crippen LogP contribution >= 0.6 is 0 Å². The molecule has 0 aliphatic rings. The lowest BCUT2D eigenvalue weighted by molar-refractivity contribution is -0.114. The molecule has 0 bridgehead atoms. The van der Waals surface area contributed by atoms with E-state index in [1.54, 1.807) is 54.9 Å². The standard InChI is InChI=1S/C22H20N4O3/c1-15(27)25-19-6-3-7-20(13-19)26-22(29)18-5-2-4-17(12-18)21(28)24-14-16-8-10-23-11-9-16/h2-13H,14H2,1H3,(H,24,28)(H,25,27)(H,26,29). The fraction of sp³-hybridized carbons (Fsp3) is 0.0909. The van der Waals surface area contributed by atoms with Crippen molar-refractivity contribution in [2.75, 3.05) is 10.6 Å². The molecule has 1 aromatic heterocycles. The summed E-state index contributed by atoms with van der Waals surface area (Å²) in [5, 5.41) is 8.25. The Morgan fingerprint density at radius 3 is 2.10 bits per heavy atom. The van der Waals surface area contributed by atoms with Crippen LogP contribution in [0, 0.1) is 0 Å². The fourth-order valence-electron chi connectivity index (χ4n) is 2.67. The van der Waals surface area contributed by atoms with Gasteiger partial charge in [-0.2, -0.15) is 0 Å². The number of nitrogens with zero attached hydrogens (tertiary/aromatic N) is 1. The number of nitrogens with one attached hydrogen (secondary N) is 3. The van der Waals surface area contributed by atoms with E-state index in [-0.39, 0.29) is 17.7 Å². The molecule has 29 heavy (non-hydrogen) atoms. The molecular formula is C22H20N4O3. The number of carbonyl (C=O) groups excluding carboxylic acids is 3. The minimum Gasteiger partial charge on any atom is -0.348 e. The molecule has 0 atom stereocenters. The zero-order valence-electron chi connectivity index (χ0n) is 15.8. The molecule has 0 unspecified atom stereocenters. The van der Waals surface area contributed by atoms with Gasteiger partial charge in [0.05, 0.1) is 0 Å². The van der Waals surface area contributed by atoms with Crippen LogP contribution in [0.4, 0.5) is 11.4 Å². The Morgan fingerprint density at radius 2 is 1.41 bits per heavy atom. The van der Waals surface area contributed by atoms with E-state index in [2.05, 4.69) is 20.9 Å². The topological polar surface area (TPSA) is 100 Å². The predicted octanol–water partition coefficient (Wildman–Crippen LogP) is 3.22. The number of rotatable bonds is 6. The summed E-state index contributed by atoms with van der Waals surface area (Å²) in [4.78, 5) is 40.1. The lowest BCUT2D eigenvalue weighted by Crippen LogP contribution is -2.23. The van der Waals surface area contributed by atoms with Gasteiger partial charge in [0.1, 0.15) is 0 Å². The second-order valence-corrected chi connectivity index (χ2v) is 6.34. The van der Waals surface area contributed by atoms with Crippen molar-refractivity contribution in [3.8, 4) is 0 Å². The number of amides is 3. The quantitative estimate of drug-likeness (QED) is 0.604. The van der Waals surface area contributed by atoms with Gasteiger partial charge < -0.3 is 16.0 Å². The van der Waals surface area contributed by atoms with Gasteiger partial charge in [-0.25, -0.2) is 0 Å². The highest BCUT2D eigenvalue weighted by Crippen LogP contribution is 2.16. The second kappa shape index (κ2) is 9.27. The van der Waals surface area contributed by atoms with Gasteiger partial charge in [-0.1, -0.05) is 12.1 Å².